The molecular weight excluding hydrogens is 311 g/mol. The first-order chi connectivity index (χ1) is 10.4. The number of rotatable bonds is 3. The van der Waals surface area contributed by atoms with Crippen molar-refractivity contribution in [2.75, 3.05) is 5.32 Å². The van der Waals surface area contributed by atoms with Crippen LogP contribution in [0.2, 0.25) is 0 Å². The number of pyridine rings is 1. The zero-order valence-corrected chi connectivity index (χ0v) is 12.5. The summed E-state index contributed by atoms with van der Waals surface area (Å²) in [6.45, 7) is 1.86. The smallest absolute Gasteiger partial charge is 0.356 e. The standard InChI is InChI=1S/C15H14F3N3S/c1-10(11-6-8-19-9-7-11)20-14(22)21-13-5-3-2-4-12(13)15(16,17)18/h2-10H,1H3,(H2,20,21,22). The molecule has 0 aliphatic rings. The number of aromatic nitrogens is 1. The topological polar surface area (TPSA) is 37.0 Å². The average molecular weight is 325 g/mol. The molecule has 1 unspecified atom stereocenters. The largest absolute Gasteiger partial charge is 0.418 e. The molecule has 0 saturated carbocycles. The first-order valence-corrected chi connectivity index (χ1v) is 6.92. The second kappa shape index (κ2) is 6.74. The second-order valence-electron chi connectivity index (χ2n) is 4.64. The molecule has 2 N–H and O–H groups in total. The Bertz CT molecular complexity index is 644. The highest BCUT2D eigenvalue weighted by Crippen LogP contribution is 2.34. The Morgan fingerprint density at radius 2 is 1.77 bits per heavy atom. The summed E-state index contributed by atoms with van der Waals surface area (Å²) >= 11 is 5.09. The molecule has 7 heteroatoms. The Kier molecular flexibility index (Phi) is 4.97. The van der Waals surface area contributed by atoms with Gasteiger partial charge in [-0.05, 0) is 49.0 Å². The molecule has 2 aromatic rings. The fourth-order valence-corrected chi connectivity index (χ4v) is 2.22. The van der Waals surface area contributed by atoms with Crippen molar-refractivity contribution in [3.05, 3.63) is 59.9 Å². The third-order valence-electron chi connectivity index (χ3n) is 3.03. The van der Waals surface area contributed by atoms with Gasteiger partial charge in [0.25, 0.3) is 0 Å². The van der Waals surface area contributed by atoms with Crippen LogP contribution in [0, 0.1) is 0 Å². The van der Waals surface area contributed by atoms with Gasteiger partial charge in [0, 0.05) is 12.4 Å². The van der Waals surface area contributed by atoms with E-state index in [1.54, 1.807) is 12.4 Å². The van der Waals surface area contributed by atoms with Crippen molar-refractivity contribution in [2.45, 2.75) is 19.1 Å². The molecule has 0 aliphatic carbocycles. The molecule has 0 fully saturated rings. The van der Waals surface area contributed by atoms with Crippen LogP contribution >= 0.6 is 12.2 Å². The monoisotopic (exact) mass is 325 g/mol. The molecule has 1 aromatic carbocycles. The fraction of sp³-hybridized carbons (Fsp3) is 0.200. The lowest BCUT2D eigenvalue weighted by molar-refractivity contribution is -0.136. The summed E-state index contributed by atoms with van der Waals surface area (Å²) in [5, 5.41) is 5.68. The minimum Gasteiger partial charge on any atom is -0.356 e. The molecule has 0 bridgehead atoms. The third kappa shape index (κ3) is 4.17. The van der Waals surface area contributed by atoms with Gasteiger partial charge in [-0.1, -0.05) is 12.1 Å². The lowest BCUT2D eigenvalue weighted by atomic mass is 10.1. The van der Waals surface area contributed by atoms with Crippen LogP contribution in [0.4, 0.5) is 18.9 Å². The first-order valence-electron chi connectivity index (χ1n) is 6.51. The van der Waals surface area contributed by atoms with E-state index < -0.39 is 11.7 Å². The van der Waals surface area contributed by atoms with Gasteiger partial charge >= 0.3 is 6.18 Å². The summed E-state index contributed by atoms with van der Waals surface area (Å²) in [6, 6.07) is 8.68. The number of alkyl halides is 3. The van der Waals surface area contributed by atoms with Crippen LogP contribution in [-0.4, -0.2) is 10.1 Å². The summed E-state index contributed by atoms with van der Waals surface area (Å²) in [7, 11) is 0. The molecule has 0 radical (unpaired) electrons. The Hall–Kier alpha value is -2.15. The highest BCUT2D eigenvalue weighted by atomic mass is 32.1. The van der Waals surface area contributed by atoms with E-state index in [2.05, 4.69) is 15.6 Å². The van der Waals surface area contributed by atoms with E-state index >= 15 is 0 Å². The van der Waals surface area contributed by atoms with E-state index in [0.717, 1.165) is 11.6 Å². The minimum absolute atomic E-state index is 0.0746. The molecular formula is C15H14F3N3S. The summed E-state index contributed by atoms with van der Waals surface area (Å²) in [6.07, 6.45) is -1.15. The SMILES string of the molecule is CC(NC(=S)Nc1ccccc1C(F)(F)F)c1ccncc1. The van der Waals surface area contributed by atoms with Gasteiger partial charge in [0.05, 0.1) is 17.3 Å². The van der Waals surface area contributed by atoms with Crippen molar-refractivity contribution < 1.29 is 13.2 Å². The Morgan fingerprint density at radius 1 is 1.14 bits per heavy atom. The van der Waals surface area contributed by atoms with E-state index in [1.165, 1.54) is 18.2 Å². The molecule has 1 atom stereocenters. The van der Waals surface area contributed by atoms with Crippen LogP contribution in [0.5, 0.6) is 0 Å². The molecule has 3 nitrogen and oxygen atoms in total. The maximum Gasteiger partial charge on any atom is 0.418 e. The van der Waals surface area contributed by atoms with Crippen LogP contribution in [0.3, 0.4) is 0 Å². The van der Waals surface area contributed by atoms with Gasteiger partial charge in [-0.2, -0.15) is 13.2 Å². The lowest BCUT2D eigenvalue weighted by Gasteiger charge is -2.19. The molecule has 116 valence electrons. The highest BCUT2D eigenvalue weighted by Gasteiger charge is 2.33. The number of anilines is 1. The van der Waals surface area contributed by atoms with Crippen molar-refractivity contribution in [1.29, 1.82) is 0 Å². The van der Waals surface area contributed by atoms with Crippen molar-refractivity contribution in [3.63, 3.8) is 0 Å². The Labute approximate surface area is 131 Å². The minimum atomic E-state index is -4.43. The maximum absolute atomic E-state index is 12.9. The van der Waals surface area contributed by atoms with E-state index in [1.807, 2.05) is 19.1 Å². The van der Waals surface area contributed by atoms with Gasteiger partial charge in [-0.3, -0.25) is 4.98 Å². The molecule has 0 aliphatic heterocycles. The zero-order valence-electron chi connectivity index (χ0n) is 11.7. The third-order valence-corrected chi connectivity index (χ3v) is 3.25. The summed E-state index contributed by atoms with van der Waals surface area (Å²) in [5.41, 5.74) is 0.105. The number of nitrogens with one attached hydrogen (secondary N) is 2. The molecule has 1 aromatic heterocycles. The predicted octanol–water partition coefficient (Wildman–Crippen LogP) is 4.15. The Balaban J connectivity index is 2.07. The van der Waals surface area contributed by atoms with Gasteiger partial charge in [-0.25, -0.2) is 0 Å². The van der Waals surface area contributed by atoms with E-state index in [4.69, 9.17) is 12.2 Å². The van der Waals surface area contributed by atoms with Gasteiger partial charge in [0.1, 0.15) is 0 Å². The van der Waals surface area contributed by atoms with Crippen LogP contribution in [0.1, 0.15) is 24.1 Å². The molecule has 0 spiro atoms. The predicted molar refractivity (Wildman–Crippen MR) is 83.5 cm³/mol. The summed E-state index contributed by atoms with van der Waals surface area (Å²) in [4.78, 5) is 3.91. The molecule has 1 heterocycles. The van der Waals surface area contributed by atoms with Crippen molar-refractivity contribution in [1.82, 2.24) is 10.3 Å². The normalized spacial score (nSPS) is 12.5. The van der Waals surface area contributed by atoms with Crippen molar-refractivity contribution in [2.24, 2.45) is 0 Å². The van der Waals surface area contributed by atoms with Gasteiger partial charge in [0.15, 0.2) is 5.11 Å². The van der Waals surface area contributed by atoms with Crippen LogP contribution in [0.15, 0.2) is 48.8 Å². The van der Waals surface area contributed by atoms with Crippen LogP contribution in [0.25, 0.3) is 0 Å². The van der Waals surface area contributed by atoms with Crippen molar-refractivity contribution in [3.8, 4) is 0 Å². The van der Waals surface area contributed by atoms with E-state index in [-0.39, 0.29) is 16.8 Å². The molecule has 2 rings (SSSR count). The van der Waals surface area contributed by atoms with E-state index in [9.17, 15) is 13.2 Å². The fourth-order valence-electron chi connectivity index (χ4n) is 1.93. The number of benzene rings is 1. The van der Waals surface area contributed by atoms with Crippen molar-refractivity contribution >= 4 is 23.0 Å². The molecule has 22 heavy (non-hydrogen) atoms. The lowest BCUT2D eigenvalue weighted by Crippen LogP contribution is -2.31. The highest BCUT2D eigenvalue weighted by molar-refractivity contribution is 7.80. The van der Waals surface area contributed by atoms with E-state index in [0.29, 0.717) is 0 Å². The number of hydrogen-bond acceptors (Lipinski definition) is 2. The number of thiocarbonyl (C=S) groups is 1. The zero-order chi connectivity index (χ0) is 16.2. The quantitative estimate of drug-likeness (QED) is 0.832. The number of hydrogen-bond donors (Lipinski definition) is 2. The molecule has 0 saturated heterocycles. The number of para-hydroxylation sites is 1. The summed E-state index contributed by atoms with van der Waals surface area (Å²) in [5.74, 6) is 0. The first kappa shape index (κ1) is 16.2. The van der Waals surface area contributed by atoms with Gasteiger partial charge in [0.2, 0.25) is 0 Å². The van der Waals surface area contributed by atoms with Crippen LogP contribution < -0.4 is 10.6 Å². The summed E-state index contributed by atoms with van der Waals surface area (Å²) < 4.78 is 38.7. The number of halogens is 3. The second-order valence-corrected chi connectivity index (χ2v) is 5.05. The van der Waals surface area contributed by atoms with Crippen LogP contribution in [-0.2, 0) is 6.18 Å². The average Bonchev–Trinajstić information content (AvgIpc) is 2.47. The maximum atomic E-state index is 12.9. The number of nitrogens with zero attached hydrogens (tertiary/aromatic N) is 1. The van der Waals surface area contributed by atoms with Gasteiger partial charge in [-0.15, -0.1) is 0 Å². The molecule has 0 amide bonds. The Morgan fingerprint density at radius 3 is 2.41 bits per heavy atom. The van der Waals surface area contributed by atoms with Gasteiger partial charge < -0.3 is 10.6 Å².